The first-order valence-corrected chi connectivity index (χ1v) is 9.79. The van der Waals surface area contributed by atoms with Crippen LogP contribution in [0.25, 0.3) is 0 Å². The topological polar surface area (TPSA) is 58.2 Å². The number of halogens is 2. The number of benzene rings is 2. The van der Waals surface area contributed by atoms with E-state index >= 15 is 0 Å². The molecule has 0 aromatic heterocycles. The summed E-state index contributed by atoms with van der Waals surface area (Å²) in [5, 5.41) is 5.36. The SMILES string of the molecule is CC(C)C(NC(=O)c1c(F)cccc1F)C(=O)NCC(c1ccccc1)C(C)C. The van der Waals surface area contributed by atoms with E-state index < -0.39 is 29.1 Å². The maximum atomic E-state index is 13.9. The smallest absolute Gasteiger partial charge is 0.257 e. The number of hydrogen-bond acceptors (Lipinski definition) is 2. The molecule has 2 N–H and O–H groups in total. The summed E-state index contributed by atoms with van der Waals surface area (Å²) in [7, 11) is 0. The van der Waals surface area contributed by atoms with E-state index in [0.717, 1.165) is 17.7 Å². The monoisotopic (exact) mass is 402 g/mol. The molecule has 29 heavy (non-hydrogen) atoms. The van der Waals surface area contributed by atoms with Gasteiger partial charge >= 0.3 is 0 Å². The van der Waals surface area contributed by atoms with E-state index in [1.807, 2.05) is 30.3 Å². The minimum absolute atomic E-state index is 0.104. The van der Waals surface area contributed by atoms with Crippen molar-refractivity contribution in [2.75, 3.05) is 6.54 Å². The molecule has 0 aliphatic heterocycles. The summed E-state index contributed by atoms with van der Waals surface area (Å²) in [6, 6.07) is 12.2. The largest absolute Gasteiger partial charge is 0.354 e. The summed E-state index contributed by atoms with van der Waals surface area (Å²) in [6.45, 7) is 8.07. The average molecular weight is 402 g/mol. The number of carbonyl (C=O) groups is 2. The first-order chi connectivity index (χ1) is 13.7. The zero-order valence-corrected chi connectivity index (χ0v) is 17.2. The van der Waals surface area contributed by atoms with Crippen LogP contribution in [0.3, 0.4) is 0 Å². The van der Waals surface area contributed by atoms with Crippen molar-refractivity contribution in [1.29, 1.82) is 0 Å². The van der Waals surface area contributed by atoms with Crippen molar-refractivity contribution in [2.45, 2.75) is 39.7 Å². The molecule has 156 valence electrons. The van der Waals surface area contributed by atoms with Gasteiger partial charge in [0.05, 0.1) is 0 Å². The third kappa shape index (κ3) is 5.86. The van der Waals surface area contributed by atoms with Gasteiger partial charge in [-0.05, 0) is 29.5 Å². The molecule has 4 nitrogen and oxygen atoms in total. The van der Waals surface area contributed by atoms with E-state index in [-0.39, 0.29) is 23.7 Å². The molecule has 0 saturated carbocycles. The molecule has 0 bridgehead atoms. The van der Waals surface area contributed by atoms with Gasteiger partial charge in [0, 0.05) is 12.5 Å². The summed E-state index contributed by atoms with van der Waals surface area (Å²) in [5.41, 5.74) is 0.427. The van der Waals surface area contributed by atoms with Crippen LogP contribution < -0.4 is 10.6 Å². The fourth-order valence-electron chi connectivity index (χ4n) is 3.22. The Bertz CT molecular complexity index is 818. The van der Waals surface area contributed by atoms with Gasteiger partial charge in [-0.1, -0.05) is 64.1 Å². The lowest BCUT2D eigenvalue weighted by Gasteiger charge is -2.26. The number of rotatable bonds is 8. The van der Waals surface area contributed by atoms with Crippen LogP contribution in [0.15, 0.2) is 48.5 Å². The Morgan fingerprint density at radius 3 is 1.97 bits per heavy atom. The fourth-order valence-corrected chi connectivity index (χ4v) is 3.22. The lowest BCUT2D eigenvalue weighted by atomic mass is 9.88. The van der Waals surface area contributed by atoms with Crippen molar-refractivity contribution >= 4 is 11.8 Å². The summed E-state index contributed by atoms with van der Waals surface area (Å²) in [6.07, 6.45) is 0. The summed E-state index contributed by atoms with van der Waals surface area (Å²) in [4.78, 5) is 25.2. The Labute approximate surface area is 170 Å². The van der Waals surface area contributed by atoms with Crippen LogP contribution in [0.2, 0.25) is 0 Å². The van der Waals surface area contributed by atoms with Gasteiger partial charge in [-0.3, -0.25) is 9.59 Å². The second-order valence-electron chi connectivity index (χ2n) is 7.80. The molecule has 0 radical (unpaired) electrons. The maximum Gasteiger partial charge on any atom is 0.257 e. The van der Waals surface area contributed by atoms with Crippen molar-refractivity contribution in [1.82, 2.24) is 10.6 Å². The zero-order chi connectivity index (χ0) is 21.6. The quantitative estimate of drug-likeness (QED) is 0.693. The zero-order valence-electron chi connectivity index (χ0n) is 17.2. The van der Waals surface area contributed by atoms with Crippen molar-refractivity contribution in [3.63, 3.8) is 0 Å². The minimum atomic E-state index is -0.964. The number of carbonyl (C=O) groups excluding carboxylic acids is 2. The summed E-state index contributed by atoms with van der Waals surface area (Å²) in [5.74, 6) is -3.12. The average Bonchev–Trinajstić information content (AvgIpc) is 2.66. The molecule has 0 aliphatic carbocycles. The third-order valence-corrected chi connectivity index (χ3v) is 4.95. The molecule has 2 amide bonds. The van der Waals surface area contributed by atoms with Gasteiger partial charge in [0.15, 0.2) is 0 Å². The number of hydrogen-bond donors (Lipinski definition) is 2. The van der Waals surface area contributed by atoms with Crippen molar-refractivity contribution in [2.24, 2.45) is 11.8 Å². The molecule has 0 saturated heterocycles. The van der Waals surface area contributed by atoms with Crippen LogP contribution in [-0.4, -0.2) is 24.4 Å². The molecule has 0 aliphatic rings. The first-order valence-electron chi connectivity index (χ1n) is 9.79. The Morgan fingerprint density at radius 1 is 0.862 bits per heavy atom. The maximum absolute atomic E-state index is 13.9. The number of nitrogens with one attached hydrogen (secondary N) is 2. The predicted octanol–water partition coefficient (Wildman–Crippen LogP) is 4.28. The summed E-state index contributed by atoms with van der Waals surface area (Å²) >= 11 is 0. The highest BCUT2D eigenvalue weighted by Crippen LogP contribution is 2.23. The van der Waals surface area contributed by atoms with Gasteiger partial charge < -0.3 is 10.6 Å². The molecule has 2 unspecified atom stereocenters. The van der Waals surface area contributed by atoms with Crippen LogP contribution in [-0.2, 0) is 4.79 Å². The van der Waals surface area contributed by atoms with Crippen LogP contribution >= 0.6 is 0 Å². The molecule has 0 heterocycles. The van der Waals surface area contributed by atoms with Gasteiger partial charge in [-0.2, -0.15) is 0 Å². The fraction of sp³-hybridized carbons (Fsp3) is 0.391. The van der Waals surface area contributed by atoms with E-state index in [1.54, 1.807) is 13.8 Å². The highest BCUT2D eigenvalue weighted by atomic mass is 19.1. The van der Waals surface area contributed by atoms with Crippen LogP contribution in [0.1, 0.15) is 49.5 Å². The van der Waals surface area contributed by atoms with Crippen LogP contribution in [0.4, 0.5) is 8.78 Å². The molecular formula is C23H28F2N2O2. The predicted molar refractivity (Wildman–Crippen MR) is 109 cm³/mol. The third-order valence-electron chi connectivity index (χ3n) is 4.95. The van der Waals surface area contributed by atoms with Crippen molar-refractivity contribution in [3.05, 3.63) is 71.3 Å². The molecule has 6 heteroatoms. The van der Waals surface area contributed by atoms with Crippen LogP contribution in [0, 0.1) is 23.5 Å². The highest BCUT2D eigenvalue weighted by molar-refractivity contribution is 5.98. The molecular weight excluding hydrogens is 374 g/mol. The van der Waals surface area contributed by atoms with Crippen LogP contribution in [0.5, 0.6) is 0 Å². The normalized spacial score (nSPS) is 13.2. The first kappa shape index (κ1) is 22.5. The lowest BCUT2D eigenvalue weighted by Crippen LogP contribution is -2.50. The minimum Gasteiger partial charge on any atom is -0.354 e. The van der Waals surface area contributed by atoms with E-state index in [2.05, 4.69) is 24.5 Å². The summed E-state index contributed by atoms with van der Waals surface area (Å²) < 4.78 is 27.8. The van der Waals surface area contributed by atoms with E-state index in [9.17, 15) is 18.4 Å². The Balaban J connectivity index is 2.10. The van der Waals surface area contributed by atoms with Gasteiger partial charge in [0.25, 0.3) is 5.91 Å². The van der Waals surface area contributed by atoms with Gasteiger partial charge in [0.2, 0.25) is 5.91 Å². The molecule has 2 aromatic carbocycles. The Hall–Kier alpha value is -2.76. The van der Waals surface area contributed by atoms with Crippen molar-refractivity contribution < 1.29 is 18.4 Å². The Morgan fingerprint density at radius 2 is 1.45 bits per heavy atom. The van der Waals surface area contributed by atoms with Gasteiger partial charge in [-0.25, -0.2) is 8.78 Å². The molecule has 2 rings (SSSR count). The molecule has 0 fully saturated rings. The Kier molecular flexibility index (Phi) is 7.88. The number of amides is 2. The molecule has 0 spiro atoms. The second kappa shape index (κ2) is 10.1. The molecule has 2 atom stereocenters. The highest BCUT2D eigenvalue weighted by Gasteiger charge is 2.28. The molecule has 2 aromatic rings. The van der Waals surface area contributed by atoms with Gasteiger partial charge in [0.1, 0.15) is 23.2 Å². The van der Waals surface area contributed by atoms with E-state index in [1.165, 1.54) is 6.07 Å². The van der Waals surface area contributed by atoms with E-state index in [0.29, 0.717) is 6.54 Å². The standard InChI is InChI=1S/C23H28F2N2O2/c1-14(2)17(16-9-6-5-7-10-16)13-26-23(29)21(15(3)4)27-22(28)20-18(24)11-8-12-19(20)25/h5-12,14-15,17,21H,13H2,1-4H3,(H,26,29)(H,27,28). The second-order valence-corrected chi connectivity index (χ2v) is 7.80. The van der Waals surface area contributed by atoms with E-state index in [4.69, 9.17) is 0 Å². The van der Waals surface area contributed by atoms with Gasteiger partial charge in [-0.15, -0.1) is 0 Å². The lowest BCUT2D eigenvalue weighted by molar-refractivity contribution is -0.124. The van der Waals surface area contributed by atoms with Crippen molar-refractivity contribution in [3.8, 4) is 0 Å².